The second-order valence-corrected chi connectivity index (χ2v) is 7.84. The fourth-order valence-corrected chi connectivity index (χ4v) is 3.87. The number of pyridine rings is 1. The summed E-state index contributed by atoms with van der Waals surface area (Å²) in [6.45, 7) is 1.85. The smallest absolute Gasteiger partial charge is 0.418 e. The summed E-state index contributed by atoms with van der Waals surface area (Å²) < 4.78 is 58.4. The monoisotopic (exact) mass is 460 g/mol. The second kappa shape index (κ2) is 8.47. The van der Waals surface area contributed by atoms with E-state index in [0.717, 1.165) is 12.1 Å². The quantitative estimate of drug-likeness (QED) is 0.559. The third-order valence-corrected chi connectivity index (χ3v) is 5.70. The summed E-state index contributed by atoms with van der Waals surface area (Å²) in [4.78, 5) is 17.6. The van der Waals surface area contributed by atoms with E-state index < -0.39 is 29.5 Å². The van der Waals surface area contributed by atoms with Gasteiger partial charge in [0.25, 0.3) is 5.91 Å². The molecule has 0 aliphatic carbocycles. The minimum atomic E-state index is -4.82. The Labute approximate surface area is 187 Å². The number of rotatable bonds is 4. The first-order chi connectivity index (χ1) is 15.6. The largest absolute Gasteiger partial charge is 0.491 e. The van der Waals surface area contributed by atoms with E-state index in [1.807, 2.05) is 0 Å². The zero-order chi connectivity index (χ0) is 23.8. The summed E-state index contributed by atoms with van der Waals surface area (Å²) in [5.74, 6) is -0.605. The van der Waals surface area contributed by atoms with Crippen molar-refractivity contribution in [2.24, 2.45) is 0 Å². The Bertz CT molecular complexity index is 1180. The number of halogens is 4. The molecule has 0 fully saturated rings. The number of alkyl halides is 3. The molecule has 0 radical (unpaired) electrons. The lowest BCUT2D eigenvalue weighted by Gasteiger charge is -2.39. The number of amides is 1. The van der Waals surface area contributed by atoms with Crippen molar-refractivity contribution in [3.8, 4) is 5.75 Å². The molecule has 5 nitrogen and oxygen atoms in total. The molecule has 4 rings (SSSR count). The molecule has 0 saturated carbocycles. The standard InChI is InChI=1S/C24H20F4N2O3/c1-14-4-9-17(13-18(14)25)23(10-12-33-19-3-2-11-29-20(19)23)30-22(32)16-7-5-15(6-8-16)21(31)24(26,27)28/h2-9,11,13,21,31H,10,12H2,1H3,(H,30,32)/t21?,23-/m0/s1. The highest BCUT2D eigenvalue weighted by atomic mass is 19.4. The number of carbonyl (C=O) groups is 1. The average Bonchev–Trinajstić information content (AvgIpc) is 2.80. The van der Waals surface area contributed by atoms with Gasteiger partial charge in [0.1, 0.15) is 22.8 Å². The predicted octanol–water partition coefficient (Wildman–Crippen LogP) is 4.58. The fourth-order valence-electron chi connectivity index (χ4n) is 3.87. The number of carbonyl (C=O) groups excluding carboxylic acids is 1. The van der Waals surface area contributed by atoms with Crippen molar-refractivity contribution in [3.05, 3.63) is 94.6 Å². The minimum absolute atomic E-state index is 0.0732. The summed E-state index contributed by atoms with van der Waals surface area (Å²) >= 11 is 0. The molecule has 1 amide bonds. The maximum atomic E-state index is 14.5. The molecule has 172 valence electrons. The number of aliphatic hydroxyl groups excluding tert-OH is 1. The van der Waals surface area contributed by atoms with Gasteiger partial charge in [0.05, 0.1) is 6.61 Å². The minimum Gasteiger partial charge on any atom is -0.491 e. The summed E-state index contributed by atoms with van der Waals surface area (Å²) in [5, 5.41) is 12.3. The van der Waals surface area contributed by atoms with Crippen molar-refractivity contribution >= 4 is 5.91 Å². The fraction of sp³-hybridized carbons (Fsp3) is 0.250. The van der Waals surface area contributed by atoms with E-state index in [1.54, 1.807) is 31.2 Å². The lowest BCUT2D eigenvalue weighted by molar-refractivity contribution is -0.206. The number of benzene rings is 2. The van der Waals surface area contributed by atoms with Crippen LogP contribution in [0.4, 0.5) is 17.6 Å². The Hall–Kier alpha value is -3.46. The van der Waals surface area contributed by atoms with Crippen LogP contribution in [0, 0.1) is 12.7 Å². The number of aryl methyl sites for hydroxylation is 1. The first-order valence-electron chi connectivity index (χ1n) is 10.1. The molecule has 2 heterocycles. The maximum Gasteiger partial charge on any atom is 0.418 e. The van der Waals surface area contributed by atoms with Crippen LogP contribution in [0.5, 0.6) is 5.75 Å². The van der Waals surface area contributed by atoms with Gasteiger partial charge in [-0.05, 0) is 53.9 Å². The van der Waals surface area contributed by atoms with Gasteiger partial charge >= 0.3 is 6.18 Å². The zero-order valence-corrected chi connectivity index (χ0v) is 17.5. The molecule has 0 bridgehead atoms. The van der Waals surface area contributed by atoms with Crippen LogP contribution in [0.2, 0.25) is 0 Å². The molecule has 1 aliphatic rings. The number of aromatic nitrogens is 1. The van der Waals surface area contributed by atoms with Gasteiger partial charge in [0.2, 0.25) is 0 Å². The number of nitrogens with one attached hydrogen (secondary N) is 1. The zero-order valence-electron chi connectivity index (χ0n) is 17.5. The highest BCUT2D eigenvalue weighted by Gasteiger charge is 2.43. The Kier molecular flexibility index (Phi) is 5.84. The maximum absolute atomic E-state index is 14.5. The van der Waals surface area contributed by atoms with E-state index in [9.17, 15) is 27.5 Å². The second-order valence-electron chi connectivity index (χ2n) is 7.84. The van der Waals surface area contributed by atoms with Crippen LogP contribution < -0.4 is 10.1 Å². The number of aliphatic hydroxyl groups is 1. The Balaban J connectivity index is 1.73. The van der Waals surface area contributed by atoms with E-state index in [1.165, 1.54) is 24.4 Å². The van der Waals surface area contributed by atoms with E-state index in [-0.39, 0.29) is 24.2 Å². The normalized spacial score (nSPS) is 18.7. The first kappa shape index (κ1) is 22.7. The average molecular weight is 460 g/mol. The molecule has 1 aromatic heterocycles. The number of nitrogens with zero attached hydrogens (tertiary/aromatic N) is 1. The van der Waals surface area contributed by atoms with Crippen LogP contribution in [0.1, 0.15) is 45.3 Å². The Morgan fingerprint density at radius 2 is 1.91 bits per heavy atom. The van der Waals surface area contributed by atoms with Crippen LogP contribution in [0.25, 0.3) is 0 Å². The molecule has 0 saturated heterocycles. The van der Waals surface area contributed by atoms with Gasteiger partial charge in [-0.15, -0.1) is 0 Å². The number of hydrogen-bond donors (Lipinski definition) is 2. The van der Waals surface area contributed by atoms with Crippen LogP contribution >= 0.6 is 0 Å². The number of ether oxygens (including phenoxy) is 1. The molecule has 0 spiro atoms. The van der Waals surface area contributed by atoms with Crippen LogP contribution in [0.3, 0.4) is 0 Å². The number of fused-ring (bicyclic) bond motifs is 1. The lowest BCUT2D eigenvalue weighted by atomic mass is 9.80. The van der Waals surface area contributed by atoms with E-state index >= 15 is 0 Å². The molecule has 9 heteroatoms. The van der Waals surface area contributed by atoms with Crippen molar-refractivity contribution in [2.75, 3.05) is 6.61 Å². The predicted molar refractivity (Wildman–Crippen MR) is 111 cm³/mol. The number of hydrogen-bond acceptors (Lipinski definition) is 4. The summed E-state index contributed by atoms with van der Waals surface area (Å²) in [6.07, 6.45) is -5.67. The Morgan fingerprint density at radius 3 is 2.58 bits per heavy atom. The first-order valence-corrected chi connectivity index (χ1v) is 10.1. The summed E-state index contributed by atoms with van der Waals surface area (Å²) in [7, 11) is 0. The highest BCUT2D eigenvalue weighted by Crippen LogP contribution is 2.41. The van der Waals surface area contributed by atoms with Gasteiger partial charge in [-0.2, -0.15) is 13.2 Å². The van der Waals surface area contributed by atoms with Gasteiger partial charge < -0.3 is 15.2 Å². The van der Waals surface area contributed by atoms with Gasteiger partial charge in [0, 0.05) is 18.2 Å². The molecular weight excluding hydrogens is 440 g/mol. The molecule has 2 N–H and O–H groups in total. The topological polar surface area (TPSA) is 71.5 Å². The van der Waals surface area contributed by atoms with Crippen molar-refractivity contribution < 1.29 is 32.2 Å². The van der Waals surface area contributed by atoms with Crippen molar-refractivity contribution in [1.82, 2.24) is 10.3 Å². The van der Waals surface area contributed by atoms with Gasteiger partial charge in [-0.3, -0.25) is 9.78 Å². The molecule has 2 atom stereocenters. The summed E-state index contributed by atoms with van der Waals surface area (Å²) in [6, 6.07) is 12.5. The summed E-state index contributed by atoms with van der Waals surface area (Å²) in [5.41, 5.74) is -0.225. The third kappa shape index (κ3) is 4.28. The van der Waals surface area contributed by atoms with E-state index in [2.05, 4.69) is 10.3 Å². The SMILES string of the molecule is Cc1ccc([C@@]2(NC(=O)c3ccc(C(O)C(F)(F)F)cc3)CCOc3cccnc32)cc1F. The van der Waals surface area contributed by atoms with E-state index in [4.69, 9.17) is 4.74 Å². The van der Waals surface area contributed by atoms with Gasteiger partial charge in [0.15, 0.2) is 6.10 Å². The van der Waals surface area contributed by atoms with Crippen LogP contribution in [0.15, 0.2) is 60.8 Å². The van der Waals surface area contributed by atoms with Crippen molar-refractivity contribution in [1.29, 1.82) is 0 Å². The van der Waals surface area contributed by atoms with Gasteiger partial charge in [-0.25, -0.2) is 4.39 Å². The highest BCUT2D eigenvalue weighted by molar-refractivity contribution is 5.95. The van der Waals surface area contributed by atoms with Crippen molar-refractivity contribution in [2.45, 2.75) is 31.2 Å². The van der Waals surface area contributed by atoms with Crippen LogP contribution in [-0.2, 0) is 5.54 Å². The Morgan fingerprint density at radius 1 is 1.18 bits per heavy atom. The molecule has 1 aliphatic heterocycles. The third-order valence-electron chi connectivity index (χ3n) is 5.70. The van der Waals surface area contributed by atoms with Gasteiger partial charge in [-0.1, -0.05) is 24.3 Å². The lowest BCUT2D eigenvalue weighted by Crippen LogP contribution is -2.50. The molecule has 2 aromatic carbocycles. The molecule has 3 aromatic rings. The van der Waals surface area contributed by atoms with Crippen LogP contribution in [-0.4, -0.2) is 28.8 Å². The van der Waals surface area contributed by atoms with E-state index in [0.29, 0.717) is 22.6 Å². The molecule has 1 unspecified atom stereocenters. The molecular formula is C24H20F4N2O3. The van der Waals surface area contributed by atoms with Crippen molar-refractivity contribution in [3.63, 3.8) is 0 Å². The molecule has 33 heavy (non-hydrogen) atoms.